The lowest BCUT2D eigenvalue weighted by Gasteiger charge is -2.30. The monoisotopic (exact) mass is 265 g/mol. The van der Waals surface area contributed by atoms with Crippen molar-refractivity contribution in [3.8, 4) is 5.75 Å². The molecule has 108 valence electrons. The van der Waals surface area contributed by atoms with Crippen molar-refractivity contribution in [2.45, 2.75) is 33.7 Å². The Morgan fingerprint density at radius 2 is 1.84 bits per heavy atom. The van der Waals surface area contributed by atoms with Crippen LogP contribution in [0.3, 0.4) is 0 Å². The van der Waals surface area contributed by atoms with Crippen molar-refractivity contribution in [2.24, 2.45) is 11.8 Å². The number of methoxy groups -OCH3 is 1. The highest BCUT2D eigenvalue weighted by Gasteiger charge is 2.26. The van der Waals surface area contributed by atoms with Gasteiger partial charge in [0.2, 0.25) is 0 Å². The van der Waals surface area contributed by atoms with E-state index in [1.165, 1.54) is 16.7 Å². The highest BCUT2D eigenvalue weighted by Crippen LogP contribution is 2.33. The highest BCUT2D eigenvalue weighted by molar-refractivity contribution is 5.45. The van der Waals surface area contributed by atoms with E-state index in [0.29, 0.717) is 5.92 Å². The van der Waals surface area contributed by atoms with Gasteiger partial charge in [-0.2, -0.15) is 0 Å². The van der Waals surface area contributed by atoms with Gasteiger partial charge in [-0.05, 0) is 49.6 Å². The fraction of sp³-hybridized carbons (Fsp3) is 0.625. The molecule has 0 aliphatic carbocycles. The number of aliphatic hydroxyl groups is 1. The predicted octanol–water partition coefficient (Wildman–Crippen LogP) is 2.84. The number of ether oxygens (including phenoxy) is 1. The Morgan fingerprint density at radius 3 is 2.26 bits per heavy atom. The van der Waals surface area contributed by atoms with E-state index < -0.39 is 0 Å². The molecule has 0 bridgehead atoms. The van der Waals surface area contributed by atoms with Crippen molar-refractivity contribution in [1.82, 2.24) is 5.32 Å². The molecule has 0 heterocycles. The molecule has 0 aromatic heterocycles. The quantitative estimate of drug-likeness (QED) is 0.831. The van der Waals surface area contributed by atoms with Crippen molar-refractivity contribution in [3.63, 3.8) is 0 Å². The summed E-state index contributed by atoms with van der Waals surface area (Å²) in [7, 11) is 3.65. The van der Waals surface area contributed by atoms with Gasteiger partial charge in [0.15, 0.2) is 0 Å². The molecule has 19 heavy (non-hydrogen) atoms. The first kappa shape index (κ1) is 16.0. The fourth-order valence-corrected chi connectivity index (χ4v) is 2.68. The third-order valence-electron chi connectivity index (χ3n) is 4.14. The van der Waals surface area contributed by atoms with Crippen LogP contribution in [0, 0.1) is 25.7 Å². The molecule has 3 heteroatoms. The fourth-order valence-electron chi connectivity index (χ4n) is 2.68. The van der Waals surface area contributed by atoms with Crippen molar-refractivity contribution in [2.75, 3.05) is 20.8 Å². The minimum Gasteiger partial charge on any atom is -0.496 e. The van der Waals surface area contributed by atoms with Crippen LogP contribution in [0.25, 0.3) is 0 Å². The van der Waals surface area contributed by atoms with Crippen LogP contribution in [0.5, 0.6) is 5.75 Å². The number of nitrogens with one attached hydrogen (secondary N) is 1. The van der Waals surface area contributed by atoms with Gasteiger partial charge >= 0.3 is 0 Å². The molecule has 1 rings (SSSR count). The highest BCUT2D eigenvalue weighted by atomic mass is 16.5. The van der Waals surface area contributed by atoms with Gasteiger partial charge in [0.25, 0.3) is 0 Å². The Morgan fingerprint density at radius 1 is 1.21 bits per heavy atom. The molecular weight excluding hydrogens is 238 g/mol. The molecule has 0 aliphatic rings. The molecule has 0 fully saturated rings. The van der Waals surface area contributed by atoms with Crippen molar-refractivity contribution in [1.29, 1.82) is 0 Å². The number of hydrogen-bond acceptors (Lipinski definition) is 3. The zero-order valence-electron chi connectivity index (χ0n) is 12.9. The first-order valence-electron chi connectivity index (χ1n) is 6.90. The van der Waals surface area contributed by atoms with Crippen molar-refractivity contribution in [3.05, 3.63) is 28.8 Å². The second-order valence-electron chi connectivity index (χ2n) is 5.46. The van der Waals surface area contributed by atoms with Gasteiger partial charge in [0, 0.05) is 18.6 Å². The number of hydrogen-bond donors (Lipinski definition) is 2. The van der Waals surface area contributed by atoms with Crippen LogP contribution >= 0.6 is 0 Å². The van der Waals surface area contributed by atoms with Crippen LogP contribution in [0.4, 0.5) is 0 Å². The lowest BCUT2D eigenvalue weighted by atomic mass is 9.82. The standard InChI is InChI=1S/C16H27NO2/c1-10(2)14(9-18)16(17-5)13-7-8-15(19-6)12(4)11(13)3/h7-8,10,14,16-18H,9H2,1-6H3. The summed E-state index contributed by atoms with van der Waals surface area (Å²) in [6, 6.07) is 4.28. The van der Waals surface area contributed by atoms with Gasteiger partial charge in [0.05, 0.1) is 7.11 Å². The van der Waals surface area contributed by atoms with Crippen molar-refractivity contribution < 1.29 is 9.84 Å². The Hall–Kier alpha value is -1.06. The van der Waals surface area contributed by atoms with Gasteiger partial charge in [-0.15, -0.1) is 0 Å². The largest absolute Gasteiger partial charge is 0.496 e. The zero-order chi connectivity index (χ0) is 14.6. The van der Waals surface area contributed by atoms with Gasteiger partial charge < -0.3 is 15.2 Å². The summed E-state index contributed by atoms with van der Waals surface area (Å²) in [4.78, 5) is 0. The summed E-state index contributed by atoms with van der Waals surface area (Å²) in [6.07, 6.45) is 0. The number of aliphatic hydroxyl groups excluding tert-OH is 1. The average molecular weight is 265 g/mol. The van der Waals surface area contributed by atoms with E-state index in [-0.39, 0.29) is 18.6 Å². The lowest BCUT2D eigenvalue weighted by Crippen LogP contribution is -2.31. The summed E-state index contributed by atoms with van der Waals surface area (Å²) in [6.45, 7) is 8.68. The van der Waals surface area contributed by atoms with E-state index >= 15 is 0 Å². The van der Waals surface area contributed by atoms with Crippen LogP contribution in [-0.4, -0.2) is 25.9 Å². The maximum Gasteiger partial charge on any atom is 0.122 e. The molecule has 2 atom stereocenters. The SMILES string of the molecule is CNC(c1ccc(OC)c(C)c1C)C(CO)C(C)C. The molecule has 1 aromatic rings. The van der Waals surface area contributed by atoms with E-state index in [2.05, 4.69) is 39.1 Å². The number of benzene rings is 1. The van der Waals surface area contributed by atoms with Gasteiger partial charge in [0.1, 0.15) is 5.75 Å². The minimum atomic E-state index is 0.162. The van der Waals surface area contributed by atoms with Gasteiger partial charge in [-0.25, -0.2) is 0 Å². The van der Waals surface area contributed by atoms with E-state index in [1.807, 2.05) is 13.1 Å². The van der Waals surface area contributed by atoms with Gasteiger partial charge in [-0.3, -0.25) is 0 Å². The van der Waals surface area contributed by atoms with E-state index in [1.54, 1.807) is 7.11 Å². The van der Waals surface area contributed by atoms with Crippen molar-refractivity contribution >= 4 is 0 Å². The minimum absolute atomic E-state index is 0.162. The van der Waals surface area contributed by atoms with E-state index in [9.17, 15) is 5.11 Å². The predicted molar refractivity (Wildman–Crippen MR) is 79.7 cm³/mol. The molecular formula is C16H27NO2. The van der Waals surface area contributed by atoms with E-state index in [4.69, 9.17) is 4.74 Å². The van der Waals surface area contributed by atoms with Crippen LogP contribution in [0.15, 0.2) is 12.1 Å². The van der Waals surface area contributed by atoms with Crippen LogP contribution in [-0.2, 0) is 0 Å². The second-order valence-corrected chi connectivity index (χ2v) is 5.46. The summed E-state index contributed by atoms with van der Waals surface area (Å²) in [5, 5.41) is 13.0. The molecule has 0 aliphatic heterocycles. The number of rotatable bonds is 6. The first-order chi connectivity index (χ1) is 8.97. The summed E-state index contributed by atoms with van der Waals surface area (Å²) in [5.41, 5.74) is 3.65. The summed E-state index contributed by atoms with van der Waals surface area (Å²) >= 11 is 0. The summed E-state index contributed by atoms with van der Waals surface area (Å²) < 4.78 is 5.36. The molecule has 3 nitrogen and oxygen atoms in total. The Labute approximate surface area is 117 Å². The molecule has 0 radical (unpaired) electrons. The first-order valence-corrected chi connectivity index (χ1v) is 6.90. The average Bonchev–Trinajstić information content (AvgIpc) is 2.39. The second kappa shape index (κ2) is 6.92. The molecule has 0 saturated heterocycles. The molecule has 0 spiro atoms. The van der Waals surface area contributed by atoms with Crippen LogP contribution in [0.1, 0.15) is 36.6 Å². The Bertz CT molecular complexity index is 415. The maximum absolute atomic E-state index is 9.66. The van der Waals surface area contributed by atoms with Crippen LogP contribution in [0.2, 0.25) is 0 Å². The molecule has 0 saturated carbocycles. The zero-order valence-corrected chi connectivity index (χ0v) is 12.9. The maximum atomic E-state index is 9.66. The summed E-state index contributed by atoms with van der Waals surface area (Å²) in [5.74, 6) is 1.54. The third-order valence-corrected chi connectivity index (χ3v) is 4.14. The van der Waals surface area contributed by atoms with E-state index in [0.717, 1.165) is 5.75 Å². The van der Waals surface area contributed by atoms with Crippen LogP contribution < -0.4 is 10.1 Å². The molecule has 1 aromatic carbocycles. The molecule has 2 N–H and O–H groups in total. The Kier molecular flexibility index (Phi) is 5.83. The Balaban J connectivity index is 3.22. The molecule has 0 amide bonds. The molecule has 2 unspecified atom stereocenters. The third kappa shape index (κ3) is 3.28. The van der Waals surface area contributed by atoms with Gasteiger partial charge in [-0.1, -0.05) is 19.9 Å². The smallest absolute Gasteiger partial charge is 0.122 e. The topological polar surface area (TPSA) is 41.5 Å². The normalized spacial score (nSPS) is 14.5. The lowest BCUT2D eigenvalue weighted by molar-refractivity contribution is 0.154.